The van der Waals surface area contributed by atoms with E-state index in [9.17, 15) is 17.2 Å². The van der Waals surface area contributed by atoms with Crippen LogP contribution in [0.25, 0.3) is 0 Å². The maximum Gasteiger partial charge on any atom is 0.246 e. The molecule has 0 saturated heterocycles. The zero-order chi connectivity index (χ0) is 15.9. The topological polar surface area (TPSA) is 37.4 Å². The van der Waals surface area contributed by atoms with Gasteiger partial charge in [0.25, 0.3) is 0 Å². The van der Waals surface area contributed by atoms with E-state index in [4.69, 9.17) is 0 Å². The monoisotopic (exact) mass is 343 g/mol. The molecule has 0 N–H and O–H groups in total. The first-order valence-corrected chi connectivity index (χ1v) is 9.30. The van der Waals surface area contributed by atoms with Crippen molar-refractivity contribution in [1.29, 1.82) is 0 Å². The standard InChI is InChI=1S/C15H15F2NO2S2/c1-2-13-11-6-8-21-14(11)5-7-18(13)22(19,20)15-9-10(16)3-4-12(15)17/h3-4,6,8-9,13H,2,5,7H2,1H3. The van der Waals surface area contributed by atoms with E-state index in [1.54, 1.807) is 11.3 Å². The van der Waals surface area contributed by atoms with Crippen LogP contribution in [0.1, 0.15) is 29.8 Å². The molecule has 1 unspecified atom stereocenters. The van der Waals surface area contributed by atoms with Gasteiger partial charge in [0.1, 0.15) is 16.5 Å². The van der Waals surface area contributed by atoms with Gasteiger partial charge in [-0.15, -0.1) is 11.3 Å². The maximum absolute atomic E-state index is 13.9. The molecule has 2 aromatic rings. The maximum atomic E-state index is 13.9. The second-order valence-electron chi connectivity index (χ2n) is 5.16. The van der Waals surface area contributed by atoms with Gasteiger partial charge in [0, 0.05) is 11.4 Å². The highest BCUT2D eigenvalue weighted by Crippen LogP contribution is 2.38. The zero-order valence-corrected chi connectivity index (χ0v) is 13.6. The van der Waals surface area contributed by atoms with Crippen LogP contribution in [-0.4, -0.2) is 19.3 Å². The largest absolute Gasteiger partial charge is 0.246 e. The van der Waals surface area contributed by atoms with Gasteiger partial charge in [0.15, 0.2) is 0 Å². The van der Waals surface area contributed by atoms with Crippen molar-refractivity contribution in [1.82, 2.24) is 4.31 Å². The highest BCUT2D eigenvalue weighted by molar-refractivity contribution is 7.89. The third-order valence-electron chi connectivity index (χ3n) is 3.91. The summed E-state index contributed by atoms with van der Waals surface area (Å²) in [7, 11) is -4.07. The number of hydrogen-bond acceptors (Lipinski definition) is 3. The number of halogens is 2. The first-order valence-electron chi connectivity index (χ1n) is 6.98. The van der Waals surface area contributed by atoms with E-state index < -0.39 is 26.6 Å². The van der Waals surface area contributed by atoms with Crippen molar-refractivity contribution in [3.63, 3.8) is 0 Å². The Labute approximate surface area is 132 Å². The molecular weight excluding hydrogens is 328 g/mol. The summed E-state index contributed by atoms with van der Waals surface area (Å²) in [5.41, 5.74) is 0.971. The third-order valence-corrected chi connectivity index (χ3v) is 6.83. The Balaban J connectivity index is 2.08. The molecule has 0 fully saturated rings. The summed E-state index contributed by atoms with van der Waals surface area (Å²) < 4.78 is 54.1. The molecule has 0 aliphatic carbocycles. The Morgan fingerprint density at radius 3 is 2.82 bits per heavy atom. The lowest BCUT2D eigenvalue weighted by molar-refractivity contribution is 0.302. The lowest BCUT2D eigenvalue weighted by atomic mass is 10.0. The second kappa shape index (κ2) is 5.72. The molecule has 3 rings (SSSR count). The normalized spacial score (nSPS) is 19.1. The number of nitrogens with zero attached hydrogens (tertiary/aromatic N) is 1. The Hall–Kier alpha value is -1.31. The molecule has 1 aromatic carbocycles. The van der Waals surface area contributed by atoms with E-state index in [2.05, 4.69) is 0 Å². The smallest absolute Gasteiger partial charge is 0.207 e. The first-order chi connectivity index (χ1) is 10.4. The lowest BCUT2D eigenvalue weighted by Gasteiger charge is -2.34. The van der Waals surface area contributed by atoms with Gasteiger partial charge in [-0.3, -0.25) is 0 Å². The molecule has 0 bridgehead atoms. The predicted molar refractivity (Wildman–Crippen MR) is 81.3 cm³/mol. The molecule has 1 aromatic heterocycles. The molecule has 22 heavy (non-hydrogen) atoms. The van der Waals surface area contributed by atoms with Crippen LogP contribution in [0.5, 0.6) is 0 Å². The molecular formula is C15H15F2NO2S2. The van der Waals surface area contributed by atoms with Gasteiger partial charge >= 0.3 is 0 Å². The van der Waals surface area contributed by atoms with E-state index in [-0.39, 0.29) is 12.6 Å². The summed E-state index contributed by atoms with van der Waals surface area (Å²) in [6, 6.07) is 4.10. The number of rotatable bonds is 3. The van der Waals surface area contributed by atoms with Gasteiger partial charge in [-0.25, -0.2) is 17.2 Å². The van der Waals surface area contributed by atoms with Gasteiger partial charge in [-0.2, -0.15) is 4.31 Å². The van der Waals surface area contributed by atoms with Crippen molar-refractivity contribution in [2.24, 2.45) is 0 Å². The van der Waals surface area contributed by atoms with Crippen LogP contribution in [0.15, 0.2) is 34.5 Å². The minimum absolute atomic E-state index is 0.282. The minimum Gasteiger partial charge on any atom is -0.207 e. The van der Waals surface area contributed by atoms with Crippen LogP contribution in [0.2, 0.25) is 0 Å². The summed E-state index contributed by atoms with van der Waals surface area (Å²) in [5.74, 6) is -1.69. The second-order valence-corrected chi connectivity index (χ2v) is 8.02. The molecule has 1 atom stereocenters. The fraction of sp³-hybridized carbons (Fsp3) is 0.333. The van der Waals surface area contributed by atoms with Crippen molar-refractivity contribution >= 4 is 21.4 Å². The molecule has 7 heteroatoms. The SMILES string of the molecule is CCC1c2ccsc2CCN1S(=O)(=O)c1cc(F)ccc1F. The van der Waals surface area contributed by atoms with Crippen molar-refractivity contribution < 1.29 is 17.2 Å². The van der Waals surface area contributed by atoms with Crippen LogP contribution in [0.3, 0.4) is 0 Å². The minimum atomic E-state index is -4.07. The molecule has 0 spiro atoms. The molecule has 3 nitrogen and oxygen atoms in total. The summed E-state index contributed by atoms with van der Waals surface area (Å²) >= 11 is 1.60. The molecule has 1 aliphatic rings. The molecule has 1 aliphatic heterocycles. The average Bonchev–Trinajstić information content (AvgIpc) is 2.97. The Morgan fingerprint density at radius 2 is 2.09 bits per heavy atom. The van der Waals surface area contributed by atoms with Gasteiger partial charge < -0.3 is 0 Å². The number of thiophene rings is 1. The summed E-state index contributed by atoms with van der Waals surface area (Å²) in [6.07, 6.45) is 1.18. The van der Waals surface area contributed by atoms with E-state index in [0.717, 1.165) is 28.6 Å². The van der Waals surface area contributed by atoms with Crippen LogP contribution in [-0.2, 0) is 16.4 Å². The van der Waals surface area contributed by atoms with Gasteiger partial charge in [0.2, 0.25) is 10.0 Å². The molecule has 0 amide bonds. The van der Waals surface area contributed by atoms with Crippen molar-refractivity contribution in [2.75, 3.05) is 6.54 Å². The van der Waals surface area contributed by atoms with E-state index in [0.29, 0.717) is 12.8 Å². The number of sulfonamides is 1. The average molecular weight is 343 g/mol. The Morgan fingerprint density at radius 1 is 1.32 bits per heavy atom. The van der Waals surface area contributed by atoms with Gasteiger partial charge in [0.05, 0.1) is 6.04 Å². The number of fused-ring (bicyclic) bond motifs is 1. The summed E-state index contributed by atoms with van der Waals surface area (Å²) in [5, 5.41) is 1.94. The van der Waals surface area contributed by atoms with Crippen molar-refractivity contribution in [2.45, 2.75) is 30.7 Å². The summed E-state index contributed by atoms with van der Waals surface area (Å²) in [4.78, 5) is 0.572. The molecule has 2 heterocycles. The van der Waals surface area contributed by atoms with E-state index >= 15 is 0 Å². The predicted octanol–water partition coefficient (Wildman–Crippen LogP) is 3.72. The van der Waals surface area contributed by atoms with Crippen LogP contribution >= 0.6 is 11.3 Å². The Bertz CT molecular complexity index is 802. The number of hydrogen-bond donors (Lipinski definition) is 0. The van der Waals surface area contributed by atoms with Crippen LogP contribution < -0.4 is 0 Å². The lowest BCUT2D eigenvalue weighted by Crippen LogP contribution is -2.39. The third kappa shape index (κ3) is 2.47. The zero-order valence-electron chi connectivity index (χ0n) is 11.9. The molecule has 0 radical (unpaired) electrons. The van der Waals surface area contributed by atoms with E-state index in [1.807, 2.05) is 18.4 Å². The Kier molecular flexibility index (Phi) is 4.05. The summed E-state index contributed by atoms with van der Waals surface area (Å²) in [6.45, 7) is 2.17. The highest BCUT2D eigenvalue weighted by atomic mass is 32.2. The number of benzene rings is 1. The highest BCUT2D eigenvalue weighted by Gasteiger charge is 2.37. The van der Waals surface area contributed by atoms with Crippen LogP contribution in [0.4, 0.5) is 8.78 Å². The van der Waals surface area contributed by atoms with Crippen molar-refractivity contribution in [3.8, 4) is 0 Å². The quantitative estimate of drug-likeness (QED) is 0.852. The fourth-order valence-electron chi connectivity index (χ4n) is 2.89. The fourth-order valence-corrected chi connectivity index (χ4v) is 5.57. The van der Waals surface area contributed by atoms with Gasteiger partial charge in [-0.1, -0.05) is 6.92 Å². The van der Waals surface area contributed by atoms with Gasteiger partial charge in [-0.05, 0) is 48.1 Å². The molecule has 118 valence electrons. The van der Waals surface area contributed by atoms with Crippen LogP contribution in [0, 0.1) is 11.6 Å². The first kappa shape index (κ1) is 15.6. The van der Waals surface area contributed by atoms with E-state index in [1.165, 1.54) is 4.31 Å². The molecule has 0 saturated carbocycles. The van der Waals surface area contributed by atoms with Crippen molar-refractivity contribution in [3.05, 3.63) is 51.7 Å².